The molecule has 3 heteroatoms. The number of benzene rings is 1. The van der Waals surface area contributed by atoms with Gasteiger partial charge in [-0.1, -0.05) is 0 Å². The molecule has 0 nitrogen and oxygen atoms in total. The first-order valence-electron chi connectivity index (χ1n) is 6.25. The van der Waals surface area contributed by atoms with Crippen LogP contribution >= 0.6 is 17.2 Å². The van der Waals surface area contributed by atoms with Crippen LogP contribution in [0.15, 0.2) is 24.3 Å². The molecule has 1 aromatic carbocycles. The van der Waals surface area contributed by atoms with Crippen LogP contribution in [0.5, 0.6) is 0 Å². The molecule has 0 spiro atoms. The number of hydrogen-bond donors (Lipinski definition) is 0. The molecule has 0 heterocycles. The van der Waals surface area contributed by atoms with Gasteiger partial charge in [0.25, 0.3) is 0 Å². The van der Waals surface area contributed by atoms with E-state index in [0.29, 0.717) is 11.8 Å². The standard InChI is InChI=1S/C14H18.2ClH.Hf/c1-11(2)14-8-6-13(7-9-14)10-12-4-3-5-12;;;/h6-9,11-12H,3-5H2,1-2H3;2*1H;/q;;;+2/p-2. The molecule has 1 fully saturated rings. The maximum absolute atomic E-state index is 6.33. The summed E-state index contributed by atoms with van der Waals surface area (Å²) in [7, 11) is 12.7. The molecule has 1 aliphatic rings. The molecule has 0 radical (unpaired) electrons. The second-order valence-corrected chi connectivity index (χ2v) is 16.7. The minimum atomic E-state index is -2.43. The van der Waals surface area contributed by atoms with Crippen LogP contribution < -0.4 is 0 Å². The fourth-order valence-electron chi connectivity index (χ4n) is 2.24. The minimum absolute atomic E-state index is 0.586. The molecule has 0 bridgehead atoms. The van der Waals surface area contributed by atoms with Crippen LogP contribution in [0.1, 0.15) is 50.2 Å². The van der Waals surface area contributed by atoms with Gasteiger partial charge < -0.3 is 0 Å². The summed E-state index contributed by atoms with van der Waals surface area (Å²) in [5.41, 5.74) is 2.70. The van der Waals surface area contributed by atoms with Gasteiger partial charge in [-0.15, -0.1) is 0 Å². The molecule has 1 saturated carbocycles. The van der Waals surface area contributed by atoms with Crippen molar-refractivity contribution in [1.82, 2.24) is 0 Å². The molecule has 1 aliphatic carbocycles. The van der Waals surface area contributed by atoms with Crippen LogP contribution in [0, 0.1) is 5.92 Å². The first-order valence-corrected chi connectivity index (χ1v) is 16.9. The molecule has 0 amide bonds. The molecule has 17 heavy (non-hydrogen) atoms. The second kappa shape index (κ2) is 6.12. The fraction of sp³-hybridized carbons (Fsp3) is 0.500. The van der Waals surface area contributed by atoms with Gasteiger partial charge in [0.1, 0.15) is 0 Å². The van der Waals surface area contributed by atoms with Gasteiger partial charge in [0.2, 0.25) is 0 Å². The number of hydrogen-bond acceptors (Lipinski definition) is 0. The molecule has 0 aromatic heterocycles. The maximum atomic E-state index is 6.33. The average Bonchev–Trinajstić information content (AvgIpc) is 2.23. The van der Waals surface area contributed by atoms with Crippen molar-refractivity contribution in [3.63, 3.8) is 0 Å². The van der Waals surface area contributed by atoms with Gasteiger partial charge in [0, 0.05) is 0 Å². The van der Waals surface area contributed by atoms with Crippen LogP contribution in [-0.4, -0.2) is 3.26 Å². The van der Waals surface area contributed by atoms with Gasteiger partial charge in [-0.2, -0.15) is 0 Å². The van der Waals surface area contributed by atoms with Crippen molar-refractivity contribution in [1.29, 1.82) is 0 Å². The van der Waals surface area contributed by atoms with Gasteiger partial charge in [0.05, 0.1) is 0 Å². The van der Waals surface area contributed by atoms with E-state index in [-0.39, 0.29) is 0 Å². The fourth-order valence-corrected chi connectivity index (χ4v) is 10.1. The van der Waals surface area contributed by atoms with Gasteiger partial charge >= 0.3 is 119 Å². The van der Waals surface area contributed by atoms with Gasteiger partial charge in [-0.3, -0.25) is 0 Å². The van der Waals surface area contributed by atoms with Crippen molar-refractivity contribution in [3.05, 3.63) is 35.4 Å². The first-order chi connectivity index (χ1) is 8.09. The molecule has 92 valence electrons. The first kappa shape index (κ1) is 14.0. The molecule has 0 N–H and O–H groups in total. The predicted molar refractivity (Wildman–Crippen MR) is 73.7 cm³/mol. The Balaban J connectivity index is 2.28. The monoisotopic (exact) mass is 436 g/mol. The zero-order chi connectivity index (χ0) is 12.4. The molecule has 0 unspecified atom stereocenters. The van der Waals surface area contributed by atoms with Gasteiger partial charge in [-0.05, 0) is 0 Å². The van der Waals surface area contributed by atoms with E-state index in [1.165, 1.54) is 33.6 Å². The summed E-state index contributed by atoms with van der Waals surface area (Å²) in [5.74, 6) is 1.28. The predicted octanol–water partition coefficient (Wildman–Crippen LogP) is 5.06. The van der Waals surface area contributed by atoms with E-state index in [2.05, 4.69) is 38.1 Å². The van der Waals surface area contributed by atoms with E-state index < -0.39 is 18.6 Å². The van der Waals surface area contributed by atoms with Crippen LogP contribution in [0.3, 0.4) is 0 Å². The third-order valence-corrected chi connectivity index (χ3v) is 10.9. The molecule has 0 aliphatic heterocycles. The third-order valence-electron chi connectivity index (χ3n) is 3.61. The Kier molecular flexibility index (Phi) is 5.03. The van der Waals surface area contributed by atoms with E-state index in [1.807, 2.05) is 0 Å². The van der Waals surface area contributed by atoms with Crippen LogP contribution in [0.2, 0.25) is 0 Å². The summed E-state index contributed by atoms with van der Waals surface area (Å²) < 4.78 is 1.43. The number of rotatable bonds is 3. The quantitative estimate of drug-likeness (QED) is 0.583. The zero-order valence-corrected chi connectivity index (χ0v) is 15.4. The average molecular weight is 436 g/mol. The SMILES string of the molecule is CC(C)c1ccc([C](C2CCC2)=[Hf]([Cl])[Cl])cc1. The van der Waals surface area contributed by atoms with E-state index in [1.54, 1.807) is 0 Å². The molecule has 1 aromatic rings. The third kappa shape index (κ3) is 3.30. The van der Waals surface area contributed by atoms with Crippen molar-refractivity contribution in [2.45, 2.75) is 39.0 Å². The van der Waals surface area contributed by atoms with Crippen LogP contribution in [-0.2, 0) is 18.6 Å². The second-order valence-electron chi connectivity index (χ2n) is 5.08. The molecule has 0 atom stereocenters. The summed E-state index contributed by atoms with van der Waals surface area (Å²) in [4.78, 5) is 0. The van der Waals surface area contributed by atoms with E-state index >= 15 is 0 Å². The van der Waals surface area contributed by atoms with E-state index in [9.17, 15) is 0 Å². The Bertz CT molecular complexity index is 412. The van der Waals surface area contributed by atoms with Crippen molar-refractivity contribution in [2.75, 3.05) is 0 Å². The van der Waals surface area contributed by atoms with Gasteiger partial charge in [-0.25, -0.2) is 0 Å². The number of halogens is 2. The summed E-state index contributed by atoms with van der Waals surface area (Å²) in [5, 5.41) is 0. The van der Waals surface area contributed by atoms with Crippen molar-refractivity contribution >= 4 is 20.4 Å². The van der Waals surface area contributed by atoms with Crippen molar-refractivity contribution in [2.24, 2.45) is 5.92 Å². The summed E-state index contributed by atoms with van der Waals surface area (Å²) in [6, 6.07) is 8.89. The van der Waals surface area contributed by atoms with Crippen LogP contribution in [0.25, 0.3) is 0 Å². The van der Waals surface area contributed by atoms with E-state index in [4.69, 9.17) is 17.2 Å². The Hall–Kier alpha value is 0.540. The normalized spacial score (nSPS) is 15.8. The van der Waals surface area contributed by atoms with Gasteiger partial charge in [0.15, 0.2) is 0 Å². The Morgan fingerprint density at radius 2 is 1.76 bits per heavy atom. The van der Waals surface area contributed by atoms with Crippen LogP contribution in [0.4, 0.5) is 0 Å². The molecular weight excluding hydrogens is 418 g/mol. The summed E-state index contributed by atoms with van der Waals surface area (Å²) in [6.45, 7) is 4.44. The Morgan fingerprint density at radius 1 is 1.18 bits per heavy atom. The zero-order valence-electron chi connectivity index (χ0n) is 10.3. The molecular formula is C14H18Cl2Hf. The van der Waals surface area contributed by atoms with Crippen molar-refractivity contribution in [3.8, 4) is 0 Å². The van der Waals surface area contributed by atoms with Crippen molar-refractivity contribution < 1.29 is 18.6 Å². The summed E-state index contributed by atoms with van der Waals surface area (Å²) in [6.07, 6.45) is 3.91. The molecule has 2 rings (SSSR count). The Labute approximate surface area is 118 Å². The summed E-state index contributed by atoms with van der Waals surface area (Å²) >= 11 is -2.43. The van der Waals surface area contributed by atoms with E-state index in [0.717, 1.165) is 0 Å². The Morgan fingerprint density at radius 3 is 2.12 bits per heavy atom. The topological polar surface area (TPSA) is 0 Å². The molecule has 0 saturated heterocycles.